The lowest BCUT2D eigenvalue weighted by Crippen LogP contribution is -2.20. The van der Waals surface area contributed by atoms with Crippen molar-refractivity contribution in [1.82, 2.24) is 0 Å². The van der Waals surface area contributed by atoms with Crippen LogP contribution >= 0.6 is 0 Å². The molecule has 0 saturated carbocycles. The van der Waals surface area contributed by atoms with Crippen LogP contribution in [0, 0.1) is 0 Å². The Labute approximate surface area is 114 Å². The van der Waals surface area contributed by atoms with Crippen molar-refractivity contribution in [3.05, 3.63) is 70.8 Å². The predicted octanol–water partition coefficient (Wildman–Crippen LogP) is 1.66. The van der Waals surface area contributed by atoms with E-state index in [0.29, 0.717) is 22.3 Å². The quantitative estimate of drug-likeness (QED) is 0.290. The van der Waals surface area contributed by atoms with Crippen molar-refractivity contribution in [2.24, 2.45) is 10.9 Å². The number of ketones is 2. The molecule has 1 aliphatic rings. The first-order valence-corrected chi connectivity index (χ1v) is 5.75. The summed E-state index contributed by atoms with van der Waals surface area (Å²) in [5.74, 6) is 4.10. The van der Waals surface area contributed by atoms with Gasteiger partial charge in [0.25, 0.3) is 6.08 Å². The van der Waals surface area contributed by atoms with Gasteiger partial charge in [-0.15, -0.1) is 0 Å². The summed E-state index contributed by atoms with van der Waals surface area (Å²) in [6, 6.07) is 13.9. The lowest BCUT2D eigenvalue weighted by Gasteiger charge is -2.16. The van der Waals surface area contributed by atoms with Gasteiger partial charge in [-0.3, -0.25) is 9.59 Å². The van der Waals surface area contributed by atoms with Crippen LogP contribution in [0.1, 0.15) is 31.8 Å². The fraction of sp³-hybridized carbons (Fsp3) is 0. The second kappa shape index (κ2) is 5.73. The Balaban J connectivity index is 0.000000328. The zero-order chi connectivity index (χ0) is 14.5. The zero-order valence-electron chi connectivity index (χ0n) is 10.4. The second-order valence-corrected chi connectivity index (χ2v) is 3.97. The first kappa shape index (κ1) is 13.4. The summed E-state index contributed by atoms with van der Waals surface area (Å²) in [5.41, 5.74) is 2.02. The highest BCUT2D eigenvalue weighted by molar-refractivity contribution is 6.28. The summed E-state index contributed by atoms with van der Waals surface area (Å²) < 4.78 is 0. The van der Waals surface area contributed by atoms with Crippen molar-refractivity contribution in [3.8, 4) is 0 Å². The molecule has 2 aromatic carbocycles. The normalized spacial score (nSPS) is 11.4. The Morgan fingerprint density at radius 3 is 1.20 bits per heavy atom. The van der Waals surface area contributed by atoms with Gasteiger partial charge >= 0.3 is 0 Å². The fourth-order valence-electron chi connectivity index (χ4n) is 2.05. The van der Waals surface area contributed by atoms with E-state index < -0.39 is 0 Å². The molecule has 0 fully saturated rings. The molecule has 98 valence electrons. The number of rotatable bonds is 0. The Morgan fingerprint density at radius 2 is 1.00 bits per heavy atom. The first-order chi connectivity index (χ1) is 9.70. The van der Waals surface area contributed by atoms with E-state index >= 15 is 0 Å². The van der Waals surface area contributed by atoms with Gasteiger partial charge in [0.15, 0.2) is 11.6 Å². The van der Waals surface area contributed by atoms with Crippen LogP contribution in [0.25, 0.3) is 0 Å². The molecule has 2 N–H and O–H groups in total. The molecule has 0 unspecified atom stereocenters. The minimum atomic E-state index is -0.0641. The molecule has 1 aliphatic carbocycles. The Bertz CT molecular complexity index is 626. The van der Waals surface area contributed by atoms with Crippen LogP contribution in [0.15, 0.2) is 53.6 Å². The molecule has 0 aliphatic heterocycles. The number of nitrogens with zero attached hydrogens (tertiary/aromatic N) is 1. The second-order valence-electron chi connectivity index (χ2n) is 3.97. The van der Waals surface area contributed by atoms with Crippen LogP contribution in [0.2, 0.25) is 0 Å². The van der Waals surface area contributed by atoms with Crippen LogP contribution in [0.3, 0.4) is 0 Å². The largest absolute Gasteiger partial charge is 0.312 e. The molecule has 5 nitrogen and oxygen atoms in total. The number of isocyanates is 1. The van der Waals surface area contributed by atoms with E-state index in [2.05, 4.69) is 10.9 Å². The summed E-state index contributed by atoms with van der Waals surface area (Å²) in [4.78, 5) is 33.0. The molecule has 0 heterocycles. The van der Waals surface area contributed by atoms with Gasteiger partial charge in [0.2, 0.25) is 0 Å². The lowest BCUT2D eigenvalue weighted by atomic mass is 9.84. The number of fused-ring (bicyclic) bond motifs is 2. The Morgan fingerprint density at radius 1 is 0.750 bits per heavy atom. The number of hydrogen-bond donors (Lipinski definition) is 1. The average molecular weight is 266 g/mol. The molecule has 2 aromatic rings. The summed E-state index contributed by atoms with van der Waals surface area (Å²) in [6.45, 7) is 0. The Kier molecular flexibility index (Phi) is 3.84. The highest BCUT2D eigenvalue weighted by Gasteiger charge is 2.28. The van der Waals surface area contributed by atoms with Crippen molar-refractivity contribution >= 4 is 17.6 Å². The molecular weight excluding hydrogens is 256 g/mol. The third-order valence-electron chi connectivity index (χ3n) is 2.89. The molecule has 0 spiro atoms. The monoisotopic (exact) mass is 266 g/mol. The predicted molar refractivity (Wildman–Crippen MR) is 72.1 cm³/mol. The minimum Gasteiger partial charge on any atom is -0.312 e. The highest BCUT2D eigenvalue weighted by Crippen LogP contribution is 2.26. The molecule has 0 aromatic heterocycles. The summed E-state index contributed by atoms with van der Waals surface area (Å²) >= 11 is 0. The van der Waals surface area contributed by atoms with Gasteiger partial charge in [-0.1, -0.05) is 53.6 Å². The SMILES string of the molecule is NN=C=O.O=C1c2ccccc2C(=O)c2ccccc21. The molecule has 0 atom stereocenters. The number of carbonyl (C=O) groups excluding carboxylic acids is 3. The molecular formula is C15H10N2O3. The van der Waals surface area contributed by atoms with E-state index in [4.69, 9.17) is 4.79 Å². The molecule has 0 amide bonds. The lowest BCUT2D eigenvalue weighted by molar-refractivity contribution is 0.0979. The van der Waals surface area contributed by atoms with E-state index in [1.165, 1.54) is 0 Å². The number of benzene rings is 2. The van der Waals surface area contributed by atoms with Crippen LogP contribution in [0.4, 0.5) is 0 Å². The third kappa shape index (κ3) is 2.25. The van der Waals surface area contributed by atoms with Gasteiger partial charge < -0.3 is 5.84 Å². The maximum Gasteiger partial charge on any atom is 0.257 e. The molecule has 3 rings (SSSR count). The van der Waals surface area contributed by atoms with Crippen molar-refractivity contribution in [3.63, 3.8) is 0 Å². The fourth-order valence-corrected chi connectivity index (χ4v) is 2.05. The van der Waals surface area contributed by atoms with Crippen molar-refractivity contribution in [1.29, 1.82) is 0 Å². The third-order valence-corrected chi connectivity index (χ3v) is 2.89. The topological polar surface area (TPSA) is 89.6 Å². The van der Waals surface area contributed by atoms with Crippen LogP contribution in [0.5, 0.6) is 0 Å². The number of hydrazone groups is 1. The number of hydrogen-bond acceptors (Lipinski definition) is 5. The molecule has 0 bridgehead atoms. The standard InChI is InChI=1S/C14H8O2.CH2N2O/c15-13-9-5-1-2-6-10(9)14(16)12-8-4-3-7-11(12)13;2-3-1-4/h1-8H;2H2. The maximum atomic E-state index is 12.1. The van der Waals surface area contributed by atoms with Crippen LogP contribution in [-0.4, -0.2) is 17.6 Å². The Hall–Kier alpha value is -3.04. The maximum absolute atomic E-state index is 12.1. The van der Waals surface area contributed by atoms with Gasteiger partial charge in [-0.25, -0.2) is 4.79 Å². The first-order valence-electron chi connectivity index (χ1n) is 5.75. The summed E-state index contributed by atoms with van der Waals surface area (Å²) in [7, 11) is 0. The van der Waals surface area contributed by atoms with Gasteiger partial charge in [0.1, 0.15) is 0 Å². The molecule has 0 saturated heterocycles. The van der Waals surface area contributed by atoms with Gasteiger partial charge in [-0.2, -0.15) is 0 Å². The van der Waals surface area contributed by atoms with Crippen molar-refractivity contribution < 1.29 is 14.4 Å². The molecule has 5 heteroatoms. The van der Waals surface area contributed by atoms with E-state index in [9.17, 15) is 9.59 Å². The number of nitrogens with two attached hydrogens (primary N) is 1. The molecule has 0 radical (unpaired) electrons. The summed E-state index contributed by atoms with van der Waals surface area (Å²) in [5, 5.41) is 2.43. The van der Waals surface area contributed by atoms with E-state index in [0.717, 1.165) is 6.08 Å². The number of carbonyl (C=O) groups is 2. The minimum absolute atomic E-state index is 0.0641. The van der Waals surface area contributed by atoms with Crippen LogP contribution < -0.4 is 5.84 Å². The van der Waals surface area contributed by atoms with Crippen LogP contribution in [-0.2, 0) is 4.79 Å². The van der Waals surface area contributed by atoms with Crippen molar-refractivity contribution in [2.75, 3.05) is 0 Å². The smallest absolute Gasteiger partial charge is 0.257 e. The highest BCUT2D eigenvalue weighted by atomic mass is 16.1. The molecule has 20 heavy (non-hydrogen) atoms. The van der Waals surface area contributed by atoms with Gasteiger partial charge in [0, 0.05) is 22.3 Å². The van der Waals surface area contributed by atoms with E-state index in [1.54, 1.807) is 48.5 Å². The summed E-state index contributed by atoms with van der Waals surface area (Å²) in [6.07, 6.45) is 1.08. The average Bonchev–Trinajstić information content (AvgIpc) is 2.53. The van der Waals surface area contributed by atoms with Gasteiger partial charge in [-0.05, 0) is 0 Å². The van der Waals surface area contributed by atoms with Crippen molar-refractivity contribution in [2.45, 2.75) is 0 Å². The van der Waals surface area contributed by atoms with Gasteiger partial charge in [0.05, 0.1) is 0 Å². The van der Waals surface area contributed by atoms with E-state index in [-0.39, 0.29) is 11.6 Å². The zero-order valence-corrected chi connectivity index (χ0v) is 10.4. The van der Waals surface area contributed by atoms with E-state index in [1.807, 2.05) is 0 Å².